The molecule has 2 heterocycles. The number of fused-ring (bicyclic) bond motifs is 3. The van der Waals surface area contributed by atoms with Crippen molar-refractivity contribution in [3.8, 4) is 0 Å². The SMILES string of the molecule is C/C(=C\c1cccc2[nH]c3cnc(C(=O)O)c(C)c3c12)[N+](=O)[O-]. The number of carboxylic acids is 1. The molecular formula is C16H13N3O4. The average Bonchev–Trinajstić information content (AvgIpc) is 2.87. The quantitative estimate of drug-likeness (QED) is 0.569. The Morgan fingerprint density at radius 1 is 1.35 bits per heavy atom. The highest BCUT2D eigenvalue weighted by molar-refractivity contribution is 6.13. The lowest BCUT2D eigenvalue weighted by Crippen LogP contribution is -2.03. The van der Waals surface area contributed by atoms with Crippen LogP contribution in [0.15, 0.2) is 30.1 Å². The van der Waals surface area contributed by atoms with Crippen molar-refractivity contribution < 1.29 is 14.8 Å². The maximum absolute atomic E-state index is 11.3. The van der Waals surface area contributed by atoms with E-state index in [-0.39, 0.29) is 11.4 Å². The second-order valence-corrected chi connectivity index (χ2v) is 5.26. The maximum Gasteiger partial charge on any atom is 0.354 e. The summed E-state index contributed by atoms with van der Waals surface area (Å²) in [6.45, 7) is 3.11. The number of aromatic amines is 1. The molecule has 0 aliphatic rings. The number of hydrogen-bond acceptors (Lipinski definition) is 4. The Kier molecular flexibility index (Phi) is 3.33. The Bertz CT molecular complexity index is 1000. The Labute approximate surface area is 130 Å². The van der Waals surface area contributed by atoms with E-state index in [9.17, 15) is 20.0 Å². The minimum atomic E-state index is -1.10. The Hall–Kier alpha value is -3.22. The van der Waals surface area contributed by atoms with Gasteiger partial charge in [0, 0.05) is 29.3 Å². The normalized spacial score (nSPS) is 12.0. The number of nitrogens with zero attached hydrogens (tertiary/aromatic N) is 2. The zero-order valence-electron chi connectivity index (χ0n) is 12.5. The maximum atomic E-state index is 11.3. The molecule has 7 heteroatoms. The van der Waals surface area contributed by atoms with E-state index in [2.05, 4.69) is 9.97 Å². The highest BCUT2D eigenvalue weighted by atomic mass is 16.6. The summed E-state index contributed by atoms with van der Waals surface area (Å²) in [5.41, 5.74) is 2.65. The first-order valence-corrected chi connectivity index (χ1v) is 6.86. The molecule has 0 aliphatic heterocycles. The smallest absolute Gasteiger partial charge is 0.354 e. The number of pyridine rings is 1. The van der Waals surface area contributed by atoms with Gasteiger partial charge in [0.15, 0.2) is 5.69 Å². The number of nitrogens with one attached hydrogen (secondary N) is 1. The highest BCUT2D eigenvalue weighted by Gasteiger charge is 2.17. The largest absolute Gasteiger partial charge is 0.477 e. The number of carboxylic acid groups (broad SMARTS) is 1. The predicted molar refractivity (Wildman–Crippen MR) is 85.9 cm³/mol. The van der Waals surface area contributed by atoms with Gasteiger partial charge >= 0.3 is 5.97 Å². The Balaban J connectivity index is 2.44. The zero-order chi connectivity index (χ0) is 16.7. The molecule has 0 saturated heterocycles. The third kappa shape index (κ3) is 2.32. The molecule has 0 radical (unpaired) electrons. The summed E-state index contributed by atoms with van der Waals surface area (Å²) in [6.07, 6.45) is 2.95. The van der Waals surface area contributed by atoms with E-state index in [0.717, 1.165) is 16.3 Å². The first-order valence-electron chi connectivity index (χ1n) is 6.86. The lowest BCUT2D eigenvalue weighted by Gasteiger charge is -2.03. The summed E-state index contributed by atoms with van der Waals surface area (Å²) in [5.74, 6) is -1.10. The van der Waals surface area contributed by atoms with Crippen LogP contribution in [-0.4, -0.2) is 26.0 Å². The van der Waals surface area contributed by atoms with Crippen LogP contribution in [0.2, 0.25) is 0 Å². The zero-order valence-corrected chi connectivity index (χ0v) is 12.5. The van der Waals surface area contributed by atoms with Gasteiger partial charge in [-0.1, -0.05) is 12.1 Å². The summed E-state index contributed by atoms with van der Waals surface area (Å²) in [4.78, 5) is 28.9. The monoisotopic (exact) mass is 311 g/mol. The Morgan fingerprint density at radius 3 is 2.74 bits per heavy atom. The van der Waals surface area contributed by atoms with Gasteiger partial charge in [0.25, 0.3) is 0 Å². The van der Waals surface area contributed by atoms with Crippen molar-refractivity contribution in [2.75, 3.05) is 0 Å². The topological polar surface area (TPSA) is 109 Å². The second-order valence-electron chi connectivity index (χ2n) is 5.26. The number of aromatic nitrogens is 2. The summed E-state index contributed by atoms with van der Waals surface area (Å²) < 4.78 is 0. The van der Waals surface area contributed by atoms with Crippen LogP contribution in [0.3, 0.4) is 0 Å². The second kappa shape index (κ2) is 5.20. The molecule has 23 heavy (non-hydrogen) atoms. The number of allylic oxidation sites excluding steroid dienone is 1. The third-order valence-electron chi connectivity index (χ3n) is 3.79. The van der Waals surface area contributed by atoms with Crippen molar-refractivity contribution >= 4 is 33.9 Å². The van der Waals surface area contributed by atoms with Gasteiger partial charge in [-0.2, -0.15) is 0 Å². The molecule has 116 valence electrons. The fourth-order valence-corrected chi connectivity index (χ4v) is 2.74. The van der Waals surface area contributed by atoms with Crippen LogP contribution in [0.25, 0.3) is 27.9 Å². The summed E-state index contributed by atoms with van der Waals surface area (Å²) in [6, 6.07) is 5.40. The first kappa shape index (κ1) is 14.7. The van der Waals surface area contributed by atoms with Gasteiger partial charge in [0.2, 0.25) is 5.70 Å². The number of benzene rings is 1. The van der Waals surface area contributed by atoms with Gasteiger partial charge in [-0.15, -0.1) is 0 Å². The van der Waals surface area contributed by atoms with Crippen LogP contribution in [0.1, 0.15) is 28.5 Å². The van der Waals surface area contributed by atoms with Gasteiger partial charge in [0.1, 0.15) is 0 Å². The Morgan fingerprint density at radius 2 is 2.09 bits per heavy atom. The lowest BCUT2D eigenvalue weighted by molar-refractivity contribution is -0.422. The standard InChI is InChI=1S/C16H13N3O4/c1-8(19(22)23)6-10-4-3-5-11-14(10)13-9(2)15(16(20)21)17-7-12(13)18-11/h3-7,18H,1-2H3,(H,20,21)/b8-6+. The van der Waals surface area contributed by atoms with Crippen LogP contribution >= 0.6 is 0 Å². The molecule has 1 aromatic carbocycles. The van der Waals surface area contributed by atoms with Gasteiger partial charge in [-0.3, -0.25) is 10.1 Å². The van der Waals surface area contributed by atoms with E-state index in [1.54, 1.807) is 19.1 Å². The minimum absolute atomic E-state index is 0.0111. The number of aryl methyl sites for hydroxylation is 1. The average molecular weight is 311 g/mol. The molecule has 0 amide bonds. The van der Waals surface area contributed by atoms with Crippen LogP contribution in [-0.2, 0) is 0 Å². The number of nitro groups is 1. The van der Waals surface area contributed by atoms with Crippen molar-refractivity contribution in [3.05, 3.63) is 57.0 Å². The fourth-order valence-electron chi connectivity index (χ4n) is 2.74. The molecule has 3 aromatic rings. The van der Waals surface area contributed by atoms with E-state index >= 15 is 0 Å². The molecule has 0 aliphatic carbocycles. The minimum Gasteiger partial charge on any atom is -0.477 e. The summed E-state index contributed by atoms with van der Waals surface area (Å²) in [7, 11) is 0. The molecule has 2 N–H and O–H groups in total. The first-order chi connectivity index (χ1) is 10.9. The molecule has 0 spiro atoms. The lowest BCUT2D eigenvalue weighted by atomic mass is 10.0. The molecule has 7 nitrogen and oxygen atoms in total. The van der Waals surface area contributed by atoms with E-state index < -0.39 is 10.9 Å². The third-order valence-corrected chi connectivity index (χ3v) is 3.79. The number of hydrogen-bond donors (Lipinski definition) is 2. The molecule has 0 fully saturated rings. The van der Waals surface area contributed by atoms with Crippen molar-refractivity contribution in [1.82, 2.24) is 9.97 Å². The van der Waals surface area contributed by atoms with Crippen molar-refractivity contribution in [3.63, 3.8) is 0 Å². The fraction of sp³-hybridized carbons (Fsp3) is 0.125. The summed E-state index contributed by atoms with van der Waals surface area (Å²) >= 11 is 0. The molecular weight excluding hydrogens is 298 g/mol. The van der Waals surface area contributed by atoms with E-state index in [1.807, 2.05) is 6.07 Å². The van der Waals surface area contributed by atoms with Gasteiger partial charge in [-0.05, 0) is 24.1 Å². The summed E-state index contributed by atoms with van der Waals surface area (Å²) in [5, 5.41) is 21.6. The van der Waals surface area contributed by atoms with Gasteiger partial charge < -0.3 is 10.1 Å². The van der Waals surface area contributed by atoms with Crippen molar-refractivity contribution in [1.29, 1.82) is 0 Å². The number of H-pyrrole nitrogens is 1. The highest BCUT2D eigenvalue weighted by Crippen LogP contribution is 2.32. The van der Waals surface area contributed by atoms with Crippen LogP contribution < -0.4 is 0 Å². The molecule has 0 bridgehead atoms. The van der Waals surface area contributed by atoms with E-state index in [0.29, 0.717) is 16.6 Å². The van der Waals surface area contributed by atoms with E-state index in [1.165, 1.54) is 19.2 Å². The van der Waals surface area contributed by atoms with Crippen LogP contribution in [0.4, 0.5) is 0 Å². The predicted octanol–water partition coefficient (Wildman–Crippen LogP) is 3.36. The molecule has 0 unspecified atom stereocenters. The van der Waals surface area contributed by atoms with Crippen LogP contribution in [0, 0.1) is 17.0 Å². The van der Waals surface area contributed by atoms with Gasteiger partial charge in [-0.25, -0.2) is 9.78 Å². The van der Waals surface area contributed by atoms with E-state index in [4.69, 9.17) is 0 Å². The number of aromatic carboxylic acids is 1. The van der Waals surface area contributed by atoms with Crippen molar-refractivity contribution in [2.45, 2.75) is 13.8 Å². The van der Waals surface area contributed by atoms with Gasteiger partial charge in [0.05, 0.1) is 16.6 Å². The van der Waals surface area contributed by atoms with Crippen LogP contribution in [0.5, 0.6) is 0 Å². The van der Waals surface area contributed by atoms with Crippen molar-refractivity contribution in [2.24, 2.45) is 0 Å². The number of rotatable bonds is 3. The molecule has 0 saturated carbocycles. The number of carbonyl (C=O) groups is 1. The molecule has 0 atom stereocenters. The molecule has 3 rings (SSSR count). The molecule has 2 aromatic heterocycles.